The summed E-state index contributed by atoms with van der Waals surface area (Å²) in [6.07, 6.45) is 6.41. The standard InChI is InChI=1S/C22H32N6O/c1-18-14-26-28(16-18)11-6-10-24-22(23-2)25-15-20-13-21(29)27(17-20)12-9-19-7-4-3-5-8-19/h3-5,7-8,14,16,20H,6,9-13,15,17H2,1-2H3,(H2,23,24,25). The highest BCUT2D eigenvalue weighted by atomic mass is 16.2. The van der Waals surface area contributed by atoms with Gasteiger partial charge >= 0.3 is 0 Å². The van der Waals surface area contributed by atoms with E-state index in [0.717, 1.165) is 51.5 Å². The number of guanidine groups is 1. The van der Waals surface area contributed by atoms with Crippen molar-refractivity contribution >= 4 is 11.9 Å². The molecule has 0 aliphatic carbocycles. The first-order valence-corrected chi connectivity index (χ1v) is 10.4. The molecule has 1 aromatic heterocycles. The van der Waals surface area contributed by atoms with E-state index < -0.39 is 0 Å². The second-order valence-electron chi connectivity index (χ2n) is 7.66. The summed E-state index contributed by atoms with van der Waals surface area (Å²) in [6.45, 7) is 6.11. The summed E-state index contributed by atoms with van der Waals surface area (Å²) >= 11 is 0. The van der Waals surface area contributed by atoms with Gasteiger partial charge in [-0.2, -0.15) is 5.10 Å². The van der Waals surface area contributed by atoms with Crippen LogP contribution in [0, 0.1) is 12.8 Å². The number of likely N-dealkylation sites (tertiary alicyclic amines) is 1. The molecule has 1 aliphatic rings. The minimum atomic E-state index is 0.255. The van der Waals surface area contributed by atoms with Crippen molar-refractivity contribution < 1.29 is 4.79 Å². The molecular formula is C22H32N6O. The Labute approximate surface area is 173 Å². The van der Waals surface area contributed by atoms with Crippen LogP contribution in [0.5, 0.6) is 0 Å². The van der Waals surface area contributed by atoms with Crippen molar-refractivity contribution in [1.82, 2.24) is 25.3 Å². The van der Waals surface area contributed by atoms with Gasteiger partial charge in [-0.3, -0.25) is 14.5 Å². The molecule has 2 aromatic rings. The van der Waals surface area contributed by atoms with Crippen LogP contribution in [-0.2, 0) is 17.8 Å². The maximum absolute atomic E-state index is 12.3. The third kappa shape index (κ3) is 6.62. The van der Waals surface area contributed by atoms with Gasteiger partial charge in [-0.15, -0.1) is 0 Å². The van der Waals surface area contributed by atoms with Gasteiger partial charge in [0.1, 0.15) is 0 Å². The number of carbonyl (C=O) groups is 1. The van der Waals surface area contributed by atoms with Gasteiger partial charge in [0, 0.05) is 58.3 Å². The molecule has 1 unspecified atom stereocenters. The van der Waals surface area contributed by atoms with E-state index in [2.05, 4.69) is 32.9 Å². The zero-order valence-electron chi connectivity index (χ0n) is 17.5. The van der Waals surface area contributed by atoms with E-state index >= 15 is 0 Å². The van der Waals surface area contributed by atoms with Crippen LogP contribution in [0.2, 0.25) is 0 Å². The molecule has 1 aliphatic heterocycles. The molecule has 7 heteroatoms. The zero-order chi connectivity index (χ0) is 20.5. The number of aliphatic imine (C=N–C) groups is 1. The van der Waals surface area contributed by atoms with E-state index in [1.165, 1.54) is 11.1 Å². The topological polar surface area (TPSA) is 74.5 Å². The Morgan fingerprint density at radius 1 is 1.24 bits per heavy atom. The lowest BCUT2D eigenvalue weighted by atomic mass is 10.1. The van der Waals surface area contributed by atoms with Crippen molar-refractivity contribution in [2.24, 2.45) is 10.9 Å². The van der Waals surface area contributed by atoms with Crippen LogP contribution >= 0.6 is 0 Å². The Hall–Kier alpha value is -2.83. The maximum atomic E-state index is 12.3. The van der Waals surface area contributed by atoms with Gasteiger partial charge in [-0.05, 0) is 30.9 Å². The summed E-state index contributed by atoms with van der Waals surface area (Å²) < 4.78 is 1.96. The number of benzene rings is 1. The van der Waals surface area contributed by atoms with Crippen molar-refractivity contribution in [3.63, 3.8) is 0 Å². The minimum Gasteiger partial charge on any atom is -0.356 e. The smallest absolute Gasteiger partial charge is 0.223 e. The normalized spacial score (nSPS) is 17.0. The van der Waals surface area contributed by atoms with Crippen molar-refractivity contribution in [1.29, 1.82) is 0 Å². The molecule has 0 bridgehead atoms. The Morgan fingerprint density at radius 3 is 2.79 bits per heavy atom. The number of aryl methyl sites for hydroxylation is 2. The van der Waals surface area contributed by atoms with Gasteiger partial charge in [0.15, 0.2) is 5.96 Å². The van der Waals surface area contributed by atoms with Crippen LogP contribution < -0.4 is 10.6 Å². The van der Waals surface area contributed by atoms with Crippen LogP contribution in [0.25, 0.3) is 0 Å². The number of hydrogen-bond acceptors (Lipinski definition) is 3. The van der Waals surface area contributed by atoms with Crippen LogP contribution in [0.15, 0.2) is 47.7 Å². The molecule has 156 valence electrons. The molecule has 0 radical (unpaired) electrons. The Bertz CT molecular complexity index is 801. The Morgan fingerprint density at radius 2 is 2.07 bits per heavy atom. The molecule has 1 saturated heterocycles. The molecule has 1 amide bonds. The Kier molecular flexibility index (Phi) is 7.67. The SMILES string of the molecule is CN=C(NCCCn1cc(C)cn1)NCC1CC(=O)N(CCc2ccccc2)C1. The number of nitrogens with zero attached hydrogens (tertiary/aromatic N) is 4. The number of carbonyl (C=O) groups excluding carboxylic acids is 1. The summed E-state index contributed by atoms with van der Waals surface area (Å²) in [6, 6.07) is 10.3. The lowest BCUT2D eigenvalue weighted by Gasteiger charge is -2.18. The van der Waals surface area contributed by atoms with Crippen LogP contribution in [0.1, 0.15) is 24.0 Å². The summed E-state index contributed by atoms with van der Waals surface area (Å²) in [5.41, 5.74) is 2.45. The predicted octanol–water partition coefficient (Wildman–Crippen LogP) is 1.84. The van der Waals surface area contributed by atoms with Gasteiger partial charge in [0.25, 0.3) is 0 Å². The Balaban J connectivity index is 1.33. The number of aromatic nitrogens is 2. The van der Waals surface area contributed by atoms with Gasteiger partial charge in [-0.1, -0.05) is 30.3 Å². The fourth-order valence-electron chi connectivity index (χ4n) is 3.61. The molecule has 1 atom stereocenters. The molecule has 0 spiro atoms. The molecule has 7 nitrogen and oxygen atoms in total. The quantitative estimate of drug-likeness (QED) is 0.385. The lowest BCUT2D eigenvalue weighted by molar-refractivity contribution is -0.127. The van der Waals surface area contributed by atoms with Crippen molar-refractivity contribution in [2.45, 2.75) is 32.7 Å². The van der Waals surface area contributed by atoms with E-state index in [1.807, 2.05) is 47.1 Å². The van der Waals surface area contributed by atoms with Crippen molar-refractivity contribution in [3.8, 4) is 0 Å². The second kappa shape index (κ2) is 10.6. The fraction of sp³-hybridized carbons (Fsp3) is 0.500. The fourth-order valence-corrected chi connectivity index (χ4v) is 3.61. The molecule has 29 heavy (non-hydrogen) atoms. The van der Waals surface area contributed by atoms with Gasteiger partial charge in [0.2, 0.25) is 5.91 Å². The first kappa shape index (κ1) is 20.9. The van der Waals surface area contributed by atoms with Crippen molar-refractivity contribution in [2.75, 3.05) is 33.2 Å². The zero-order valence-corrected chi connectivity index (χ0v) is 17.5. The lowest BCUT2D eigenvalue weighted by Crippen LogP contribution is -2.40. The molecule has 0 saturated carbocycles. The average molecular weight is 397 g/mol. The van der Waals surface area contributed by atoms with E-state index in [9.17, 15) is 4.79 Å². The first-order chi connectivity index (χ1) is 14.1. The monoisotopic (exact) mass is 396 g/mol. The third-order valence-electron chi connectivity index (χ3n) is 5.21. The van der Waals surface area contributed by atoms with E-state index in [1.54, 1.807) is 7.05 Å². The van der Waals surface area contributed by atoms with Gasteiger partial charge < -0.3 is 15.5 Å². The number of rotatable bonds is 9. The largest absolute Gasteiger partial charge is 0.356 e. The summed E-state index contributed by atoms with van der Waals surface area (Å²) in [5, 5.41) is 11.0. The number of amides is 1. The molecule has 2 N–H and O–H groups in total. The highest BCUT2D eigenvalue weighted by Gasteiger charge is 2.29. The molecule has 1 aromatic carbocycles. The van der Waals surface area contributed by atoms with Gasteiger partial charge in [-0.25, -0.2) is 0 Å². The van der Waals surface area contributed by atoms with Crippen LogP contribution in [0.3, 0.4) is 0 Å². The average Bonchev–Trinajstić information content (AvgIpc) is 3.31. The highest BCUT2D eigenvalue weighted by molar-refractivity contribution is 5.80. The molecule has 1 fully saturated rings. The van der Waals surface area contributed by atoms with E-state index in [4.69, 9.17) is 0 Å². The minimum absolute atomic E-state index is 0.255. The van der Waals surface area contributed by atoms with Crippen LogP contribution in [-0.4, -0.2) is 59.8 Å². The number of nitrogens with one attached hydrogen (secondary N) is 2. The molecule has 3 rings (SSSR count). The number of hydrogen-bond donors (Lipinski definition) is 2. The van der Waals surface area contributed by atoms with Gasteiger partial charge in [0.05, 0.1) is 6.20 Å². The summed E-state index contributed by atoms with van der Waals surface area (Å²) in [5.74, 6) is 1.37. The predicted molar refractivity (Wildman–Crippen MR) is 116 cm³/mol. The maximum Gasteiger partial charge on any atom is 0.223 e. The van der Waals surface area contributed by atoms with E-state index in [0.29, 0.717) is 12.3 Å². The first-order valence-electron chi connectivity index (χ1n) is 10.4. The van der Waals surface area contributed by atoms with Crippen molar-refractivity contribution in [3.05, 3.63) is 53.9 Å². The highest BCUT2D eigenvalue weighted by Crippen LogP contribution is 2.17. The molecule has 2 heterocycles. The molecular weight excluding hydrogens is 364 g/mol. The second-order valence-corrected chi connectivity index (χ2v) is 7.66. The van der Waals surface area contributed by atoms with E-state index in [-0.39, 0.29) is 5.91 Å². The third-order valence-corrected chi connectivity index (χ3v) is 5.21. The summed E-state index contributed by atoms with van der Waals surface area (Å²) in [4.78, 5) is 18.6. The summed E-state index contributed by atoms with van der Waals surface area (Å²) in [7, 11) is 1.78. The van der Waals surface area contributed by atoms with Crippen LogP contribution in [0.4, 0.5) is 0 Å².